The second kappa shape index (κ2) is 4.04. The second-order valence-corrected chi connectivity index (χ2v) is 6.06. The Morgan fingerprint density at radius 3 is 2.79 bits per heavy atom. The molecule has 0 fully saturated rings. The molecule has 0 spiro atoms. The monoisotopic (exact) mass is 335 g/mol. The number of hydrogen-bond acceptors (Lipinski definition) is 3. The molecule has 0 amide bonds. The summed E-state index contributed by atoms with van der Waals surface area (Å²) in [4.78, 5) is 5.19. The Balaban J connectivity index is 2.23. The third kappa shape index (κ3) is 2.02. The summed E-state index contributed by atoms with van der Waals surface area (Å²) in [5.41, 5.74) is 5.67. The highest BCUT2D eigenvalue weighted by atomic mass is 79.9. The van der Waals surface area contributed by atoms with Gasteiger partial charge < -0.3 is 10.3 Å². The van der Waals surface area contributed by atoms with Gasteiger partial charge in [0.15, 0.2) is 5.95 Å². The molecule has 2 heterocycles. The van der Waals surface area contributed by atoms with Crippen LogP contribution in [-0.4, -0.2) is 9.55 Å². The number of anilines is 1. The van der Waals surface area contributed by atoms with E-state index >= 15 is 0 Å². The van der Waals surface area contributed by atoms with Gasteiger partial charge in [0.05, 0.1) is 10.3 Å². The lowest BCUT2D eigenvalue weighted by Gasteiger charge is -2.00. The maximum Gasteiger partial charge on any atom is 0.200 e. The fraction of sp³-hybridized carbons (Fsp3) is 0.125. The van der Waals surface area contributed by atoms with Gasteiger partial charge in [-0.15, -0.1) is 11.3 Å². The Bertz CT molecular complexity index is 430. The SMILES string of the molecule is Nc1nccn1Cc1cc(Br)c(Br)s1. The minimum atomic E-state index is 0.547. The molecular weight excluding hydrogens is 330 g/mol. The zero-order chi connectivity index (χ0) is 10.1. The van der Waals surface area contributed by atoms with Gasteiger partial charge >= 0.3 is 0 Å². The molecule has 14 heavy (non-hydrogen) atoms. The largest absolute Gasteiger partial charge is 0.369 e. The number of imidazole rings is 1. The molecule has 0 aliphatic rings. The topological polar surface area (TPSA) is 43.8 Å². The second-order valence-electron chi connectivity index (χ2n) is 2.75. The van der Waals surface area contributed by atoms with Gasteiger partial charge in [0, 0.05) is 21.7 Å². The Labute approximate surface area is 102 Å². The molecule has 2 aromatic rings. The van der Waals surface area contributed by atoms with Gasteiger partial charge in [0.1, 0.15) is 0 Å². The molecule has 6 heteroatoms. The maximum atomic E-state index is 5.67. The van der Waals surface area contributed by atoms with Crippen LogP contribution >= 0.6 is 43.2 Å². The highest BCUT2D eigenvalue weighted by Gasteiger charge is 2.05. The van der Waals surface area contributed by atoms with Crippen molar-refractivity contribution < 1.29 is 0 Å². The minimum absolute atomic E-state index is 0.547. The molecule has 0 aromatic carbocycles. The molecule has 0 saturated heterocycles. The minimum Gasteiger partial charge on any atom is -0.369 e. The average molecular weight is 337 g/mol. The molecule has 0 aliphatic carbocycles. The van der Waals surface area contributed by atoms with E-state index in [2.05, 4.69) is 42.9 Å². The molecule has 0 atom stereocenters. The number of nitrogen functional groups attached to an aromatic ring is 1. The van der Waals surface area contributed by atoms with Gasteiger partial charge in [0.25, 0.3) is 0 Å². The van der Waals surface area contributed by atoms with E-state index in [1.807, 2.05) is 10.8 Å². The molecule has 3 nitrogen and oxygen atoms in total. The number of aromatic nitrogens is 2. The molecule has 0 radical (unpaired) electrons. The number of hydrogen-bond donors (Lipinski definition) is 1. The summed E-state index contributed by atoms with van der Waals surface area (Å²) in [6.07, 6.45) is 3.57. The van der Waals surface area contributed by atoms with Crippen molar-refractivity contribution in [2.45, 2.75) is 6.54 Å². The van der Waals surface area contributed by atoms with Crippen molar-refractivity contribution in [3.05, 3.63) is 31.6 Å². The lowest BCUT2D eigenvalue weighted by molar-refractivity contribution is 0.824. The molecule has 0 aliphatic heterocycles. The molecule has 2 N–H and O–H groups in total. The molecule has 2 rings (SSSR count). The Morgan fingerprint density at radius 1 is 1.50 bits per heavy atom. The number of rotatable bonds is 2. The third-order valence-corrected chi connectivity index (χ3v) is 5.01. The van der Waals surface area contributed by atoms with Gasteiger partial charge in [-0.2, -0.15) is 0 Å². The maximum absolute atomic E-state index is 5.67. The van der Waals surface area contributed by atoms with Crippen LogP contribution in [0.3, 0.4) is 0 Å². The fourth-order valence-electron chi connectivity index (χ4n) is 1.11. The smallest absolute Gasteiger partial charge is 0.200 e. The standard InChI is InChI=1S/C8H7Br2N3S/c9-6-3-5(14-7(6)10)4-13-2-1-12-8(13)11/h1-3H,4H2,(H2,11,12). The Kier molecular flexibility index (Phi) is 2.94. The van der Waals surface area contributed by atoms with Crippen molar-refractivity contribution in [1.29, 1.82) is 0 Å². The summed E-state index contributed by atoms with van der Waals surface area (Å²) in [5.74, 6) is 0.547. The van der Waals surface area contributed by atoms with E-state index in [1.165, 1.54) is 4.88 Å². The number of nitrogens with two attached hydrogens (primary N) is 1. The van der Waals surface area contributed by atoms with Crippen molar-refractivity contribution in [1.82, 2.24) is 9.55 Å². The van der Waals surface area contributed by atoms with Crippen molar-refractivity contribution in [3.63, 3.8) is 0 Å². The summed E-state index contributed by atoms with van der Waals surface area (Å²) >= 11 is 8.59. The van der Waals surface area contributed by atoms with Crippen molar-refractivity contribution in [3.8, 4) is 0 Å². The summed E-state index contributed by atoms with van der Waals surface area (Å²) in [6.45, 7) is 0.765. The highest BCUT2D eigenvalue weighted by molar-refractivity contribution is 9.13. The van der Waals surface area contributed by atoms with Gasteiger partial charge in [-0.1, -0.05) is 0 Å². The fourth-order valence-corrected chi connectivity index (χ4v) is 3.29. The molecule has 74 valence electrons. The predicted molar refractivity (Wildman–Crippen MR) is 65.5 cm³/mol. The van der Waals surface area contributed by atoms with Crippen molar-refractivity contribution in [2.24, 2.45) is 0 Å². The summed E-state index contributed by atoms with van der Waals surface area (Å²) in [7, 11) is 0. The van der Waals surface area contributed by atoms with E-state index in [1.54, 1.807) is 17.5 Å². The molecule has 0 unspecified atom stereocenters. The van der Waals surface area contributed by atoms with Crippen LogP contribution in [0.4, 0.5) is 5.95 Å². The van der Waals surface area contributed by atoms with Gasteiger partial charge in [-0.25, -0.2) is 4.98 Å². The van der Waals surface area contributed by atoms with Crippen LogP contribution in [0.25, 0.3) is 0 Å². The van der Waals surface area contributed by atoms with Gasteiger partial charge in [0.2, 0.25) is 0 Å². The number of thiophene rings is 1. The number of nitrogens with zero attached hydrogens (tertiary/aromatic N) is 2. The van der Waals surface area contributed by atoms with E-state index in [9.17, 15) is 0 Å². The molecule has 2 aromatic heterocycles. The normalized spacial score (nSPS) is 10.7. The van der Waals surface area contributed by atoms with Crippen LogP contribution in [-0.2, 0) is 6.54 Å². The third-order valence-electron chi connectivity index (χ3n) is 1.77. The van der Waals surface area contributed by atoms with E-state index in [0.717, 1.165) is 14.8 Å². The van der Waals surface area contributed by atoms with Crippen LogP contribution in [0, 0.1) is 0 Å². The highest BCUT2D eigenvalue weighted by Crippen LogP contribution is 2.32. The Morgan fingerprint density at radius 2 is 2.29 bits per heavy atom. The quantitative estimate of drug-likeness (QED) is 0.915. The van der Waals surface area contributed by atoms with Gasteiger partial charge in [-0.3, -0.25) is 0 Å². The lowest BCUT2D eigenvalue weighted by Crippen LogP contribution is -2.01. The van der Waals surface area contributed by atoms with Crippen LogP contribution in [0.15, 0.2) is 26.7 Å². The zero-order valence-corrected chi connectivity index (χ0v) is 11.1. The van der Waals surface area contributed by atoms with Crippen LogP contribution < -0.4 is 5.73 Å². The van der Waals surface area contributed by atoms with E-state index in [4.69, 9.17) is 5.73 Å². The average Bonchev–Trinajstić information content (AvgIpc) is 2.63. The summed E-state index contributed by atoms with van der Waals surface area (Å²) in [6, 6.07) is 2.08. The molecule has 0 bridgehead atoms. The van der Waals surface area contributed by atoms with Crippen LogP contribution in [0.1, 0.15) is 4.88 Å². The van der Waals surface area contributed by atoms with Crippen LogP contribution in [0.2, 0.25) is 0 Å². The van der Waals surface area contributed by atoms with Crippen molar-refractivity contribution in [2.75, 3.05) is 5.73 Å². The first-order chi connectivity index (χ1) is 6.66. The Hall–Kier alpha value is -0.330. The van der Waals surface area contributed by atoms with E-state index in [-0.39, 0.29) is 0 Å². The molecule has 0 saturated carbocycles. The molecular formula is C8H7Br2N3S. The predicted octanol–water partition coefficient (Wildman–Crippen LogP) is 3.10. The van der Waals surface area contributed by atoms with Gasteiger partial charge in [-0.05, 0) is 37.9 Å². The van der Waals surface area contributed by atoms with E-state index in [0.29, 0.717) is 5.95 Å². The number of halogens is 2. The summed E-state index contributed by atoms with van der Waals surface area (Å²) < 4.78 is 4.09. The summed E-state index contributed by atoms with van der Waals surface area (Å²) in [5, 5.41) is 0. The first-order valence-electron chi connectivity index (χ1n) is 3.87. The van der Waals surface area contributed by atoms with Crippen molar-refractivity contribution >= 4 is 49.1 Å². The lowest BCUT2D eigenvalue weighted by atomic mass is 10.4. The first-order valence-corrected chi connectivity index (χ1v) is 6.27. The van der Waals surface area contributed by atoms with Crippen LogP contribution in [0.5, 0.6) is 0 Å². The van der Waals surface area contributed by atoms with E-state index < -0.39 is 0 Å². The first kappa shape index (κ1) is 10.2. The zero-order valence-electron chi connectivity index (χ0n) is 7.08.